The molecule has 1 heterocycles. The number of hydrogen-bond acceptors (Lipinski definition) is 5. The summed E-state index contributed by atoms with van der Waals surface area (Å²) in [5.74, 6) is -0.483. The van der Waals surface area contributed by atoms with Gasteiger partial charge in [-0.05, 0) is 72.6 Å². The second kappa shape index (κ2) is 11.0. The number of sulfonamides is 1. The molecule has 1 saturated heterocycles. The third kappa shape index (κ3) is 6.01. The first-order chi connectivity index (χ1) is 19.7. The van der Waals surface area contributed by atoms with Crippen LogP contribution < -0.4 is 9.80 Å². The van der Waals surface area contributed by atoms with Crippen molar-refractivity contribution in [2.24, 2.45) is 15.8 Å². The van der Waals surface area contributed by atoms with Crippen LogP contribution in [0.25, 0.3) is 0 Å². The number of rotatable bonds is 7. The molecule has 1 amide bonds. The van der Waals surface area contributed by atoms with Crippen molar-refractivity contribution in [2.45, 2.75) is 51.0 Å². The van der Waals surface area contributed by atoms with E-state index in [9.17, 15) is 13.2 Å². The fraction of sp³-hybridized carbons (Fsp3) is 0.412. The quantitative estimate of drug-likeness (QED) is 0.314. The van der Waals surface area contributed by atoms with Crippen molar-refractivity contribution in [3.8, 4) is 0 Å². The largest absolute Gasteiger partial charge is 0.378 e. The summed E-state index contributed by atoms with van der Waals surface area (Å²) in [6.07, 6.45) is 2.72. The number of hydrogen-bond donors (Lipinski definition) is 0. The van der Waals surface area contributed by atoms with Gasteiger partial charge in [-0.2, -0.15) is 4.31 Å². The Morgan fingerprint density at radius 2 is 1.36 bits per heavy atom. The maximum absolute atomic E-state index is 13.9. The van der Waals surface area contributed by atoms with E-state index in [2.05, 4.69) is 25.8 Å². The summed E-state index contributed by atoms with van der Waals surface area (Å²) in [6.45, 7) is 7.16. The van der Waals surface area contributed by atoms with E-state index in [0.717, 1.165) is 41.8 Å². The molecule has 222 valence electrons. The lowest BCUT2D eigenvalue weighted by molar-refractivity contribution is 0.100. The molecule has 2 atom stereocenters. The zero-order valence-corrected chi connectivity index (χ0v) is 26.6. The van der Waals surface area contributed by atoms with E-state index in [1.807, 2.05) is 86.5 Å². The Labute approximate surface area is 250 Å². The number of benzene rings is 3. The Balaban J connectivity index is 1.50. The molecular weight excluding hydrogens is 544 g/mol. The minimum absolute atomic E-state index is 0.0250. The monoisotopic (exact) mass is 586 g/mol. The Bertz CT molecular complexity index is 1560. The van der Waals surface area contributed by atoms with Crippen molar-refractivity contribution < 1.29 is 13.2 Å². The van der Waals surface area contributed by atoms with Crippen LogP contribution in [0.2, 0.25) is 0 Å². The van der Waals surface area contributed by atoms with Crippen LogP contribution in [0.4, 0.5) is 11.4 Å². The highest BCUT2D eigenvalue weighted by atomic mass is 32.2. The third-order valence-electron chi connectivity index (χ3n) is 8.58. The van der Waals surface area contributed by atoms with Gasteiger partial charge in [-0.1, -0.05) is 51.1 Å². The van der Waals surface area contributed by atoms with E-state index in [-0.39, 0.29) is 27.3 Å². The topological polar surface area (TPSA) is 73.3 Å². The summed E-state index contributed by atoms with van der Waals surface area (Å²) >= 11 is 0. The number of carbonyl (C=O) groups is 1. The van der Waals surface area contributed by atoms with Gasteiger partial charge < -0.3 is 9.80 Å². The summed E-state index contributed by atoms with van der Waals surface area (Å²) < 4.78 is 29.5. The van der Waals surface area contributed by atoms with Gasteiger partial charge in [-0.15, -0.1) is 0 Å². The molecule has 1 aliphatic carbocycles. The molecule has 0 N–H and O–H groups in total. The van der Waals surface area contributed by atoms with Crippen LogP contribution in [-0.2, 0) is 10.0 Å². The van der Waals surface area contributed by atoms with E-state index in [1.165, 1.54) is 6.07 Å². The highest BCUT2D eigenvalue weighted by molar-refractivity contribution is 7.89. The van der Waals surface area contributed by atoms with Crippen LogP contribution in [0.5, 0.6) is 0 Å². The molecule has 2 fully saturated rings. The number of aliphatic imine (C=N–C) groups is 1. The van der Waals surface area contributed by atoms with Gasteiger partial charge >= 0.3 is 0 Å². The number of carbonyl (C=O) groups excluding carboxylic acids is 1. The lowest BCUT2D eigenvalue weighted by Crippen LogP contribution is -2.37. The van der Waals surface area contributed by atoms with E-state index in [1.54, 1.807) is 22.5 Å². The van der Waals surface area contributed by atoms with Crippen LogP contribution in [-0.4, -0.2) is 65.1 Å². The highest BCUT2D eigenvalue weighted by Crippen LogP contribution is 2.53. The molecule has 1 saturated carbocycles. The summed E-state index contributed by atoms with van der Waals surface area (Å²) in [4.78, 5) is 22.4. The van der Waals surface area contributed by atoms with Crippen molar-refractivity contribution in [1.82, 2.24) is 4.31 Å². The van der Waals surface area contributed by atoms with E-state index in [4.69, 9.17) is 0 Å². The maximum atomic E-state index is 13.9. The molecule has 0 spiro atoms. The van der Waals surface area contributed by atoms with Gasteiger partial charge in [0, 0.05) is 68.8 Å². The van der Waals surface area contributed by atoms with Crippen LogP contribution in [0.15, 0.2) is 82.7 Å². The van der Waals surface area contributed by atoms with Gasteiger partial charge in [0.1, 0.15) is 0 Å². The Morgan fingerprint density at radius 1 is 0.810 bits per heavy atom. The summed E-state index contributed by atoms with van der Waals surface area (Å²) in [5, 5.41) is 0. The molecule has 7 nitrogen and oxygen atoms in total. The summed E-state index contributed by atoms with van der Waals surface area (Å²) in [7, 11) is 4.14. The van der Waals surface area contributed by atoms with E-state index in [0.29, 0.717) is 12.3 Å². The van der Waals surface area contributed by atoms with Crippen molar-refractivity contribution >= 4 is 33.0 Å². The maximum Gasteiger partial charge on any atom is 0.277 e. The average molecular weight is 587 g/mol. The number of amides is 1. The van der Waals surface area contributed by atoms with E-state index < -0.39 is 15.9 Å². The summed E-state index contributed by atoms with van der Waals surface area (Å²) in [6, 6.07) is 22.1. The second-order valence-corrected chi connectivity index (χ2v) is 15.3. The third-order valence-corrected chi connectivity index (χ3v) is 10.5. The number of anilines is 2. The van der Waals surface area contributed by atoms with Gasteiger partial charge in [-0.25, -0.2) is 13.4 Å². The first-order valence-electron chi connectivity index (χ1n) is 14.5. The lowest BCUT2D eigenvalue weighted by atomic mass is 9.65. The van der Waals surface area contributed by atoms with Crippen LogP contribution in [0, 0.1) is 10.8 Å². The second-order valence-electron chi connectivity index (χ2n) is 13.4. The Morgan fingerprint density at radius 3 is 1.88 bits per heavy atom. The standard InChI is InChI=1S/C34H42N4O3S/c1-33(2)20-29-21-34(3,22-33)23-38(29)42(40,41)30-10-8-9-26(19-30)32(39)35-31(24-11-15-27(16-12-24)36(4)5)25-13-17-28(18-14-25)37(6)7/h8-19,29H,20-23H2,1-7H3/t29-,34+/m1/s1. The van der Waals surface area contributed by atoms with Gasteiger partial charge in [-0.3, -0.25) is 4.79 Å². The lowest BCUT2D eigenvalue weighted by Gasteiger charge is -2.39. The van der Waals surface area contributed by atoms with Crippen LogP contribution in [0.1, 0.15) is 61.5 Å². The molecule has 0 radical (unpaired) electrons. The average Bonchev–Trinajstić information content (AvgIpc) is 3.20. The predicted molar refractivity (Wildman–Crippen MR) is 171 cm³/mol. The zero-order valence-electron chi connectivity index (χ0n) is 25.8. The number of nitrogens with zero attached hydrogens (tertiary/aromatic N) is 4. The fourth-order valence-electron chi connectivity index (χ4n) is 6.91. The normalized spacial score (nSPS) is 21.5. The molecule has 2 aliphatic rings. The van der Waals surface area contributed by atoms with Gasteiger partial charge in [0.2, 0.25) is 10.0 Å². The van der Waals surface area contributed by atoms with E-state index >= 15 is 0 Å². The Hall–Kier alpha value is -3.49. The minimum Gasteiger partial charge on any atom is -0.378 e. The molecule has 42 heavy (non-hydrogen) atoms. The molecule has 1 aliphatic heterocycles. The van der Waals surface area contributed by atoms with Gasteiger partial charge in [0.05, 0.1) is 10.6 Å². The molecular formula is C34H42N4O3S. The molecule has 0 unspecified atom stereocenters. The van der Waals surface area contributed by atoms with Crippen molar-refractivity contribution in [3.63, 3.8) is 0 Å². The minimum atomic E-state index is -3.77. The molecule has 2 bridgehead atoms. The van der Waals surface area contributed by atoms with Crippen molar-refractivity contribution in [2.75, 3.05) is 44.5 Å². The SMILES string of the molecule is CN(C)c1ccc(C(=NC(=O)c2cccc(S(=O)(=O)N3C[C@@]4(C)C[C@H]3CC(C)(C)C4)c2)c2ccc(N(C)C)cc2)cc1. The van der Waals surface area contributed by atoms with Crippen molar-refractivity contribution in [1.29, 1.82) is 0 Å². The first-order valence-corrected chi connectivity index (χ1v) is 15.9. The molecule has 8 heteroatoms. The predicted octanol–water partition coefficient (Wildman–Crippen LogP) is 6.09. The zero-order chi connectivity index (χ0) is 30.4. The Kier molecular flexibility index (Phi) is 7.83. The highest BCUT2D eigenvalue weighted by Gasteiger charge is 2.53. The van der Waals surface area contributed by atoms with Crippen LogP contribution >= 0.6 is 0 Å². The van der Waals surface area contributed by atoms with Gasteiger partial charge in [0.25, 0.3) is 5.91 Å². The number of fused-ring (bicyclic) bond motifs is 2. The molecule has 3 aromatic carbocycles. The van der Waals surface area contributed by atoms with Crippen LogP contribution in [0.3, 0.4) is 0 Å². The van der Waals surface area contributed by atoms with Crippen molar-refractivity contribution in [3.05, 3.63) is 89.5 Å². The van der Waals surface area contributed by atoms with Gasteiger partial charge in [0.15, 0.2) is 0 Å². The smallest absolute Gasteiger partial charge is 0.277 e. The molecule has 5 rings (SSSR count). The fourth-order valence-corrected chi connectivity index (χ4v) is 8.73. The molecule has 0 aromatic heterocycles. The molecule has 3 aromatic rings. The summed E-state index contributed by atoms with van der Waals surface area (Å²) in [5.41, 5.74) is 4.52. The first kappa shape index (κ1) is 30.0.